The van der Waals surface area contributed by atoms with Gasteiger partial charge in [0.15, 0.2) is 0 Å². The van der Waals surface area contributed by atoms with Crippen LogP contribution in [0, 0.1) is 5.92 Å². The lowest BCUT2D eigenvalue weighted by atomic mass is 10.1. The van der Waals surface area contributed by atoms with Gasteiger partial charge in [0, 0.05) is 6.54 Å². The summed E-state index contributed by atoms with van der Waals surface area (Å²) in [7, 11) is 0. The minimum Gasteiger partial charge on any atom is -0.481 e. The lowest BCUT2D eigenvalue weighted by Gasteiger charge is -2.12. The number of aliphatic carboxylic acids is 1. The van der Waals surface area contributed by atoms with E-state index >= 15 is 0 Å². The molecule has 11 heavy (non-hydrogen) atoms. The van der Waals surface area contributed by atoms with Gasteiger partial charge in [-0.3, -0.25) is 4.79 Å². The SMILES string of the molecule is CCCN1CC[C@@H](C(=O)O)C1. The molecule has 1 saturated heterocycles. The average molecular weight is 157 g/mol. The third kappa shape index (κ3) is 2.19. The van der Waals surface area contributed by atoms with E-state index in [2.05, 4.69) is 11.8 Å². The van der Waals surface area contributed by atoms with E-state index in [9.17, 15) is 4.79 Å². The van der Waals surface area contributed by atoms with Gasteiger partial charge in [0.1, 0.15) is 0 Å². The van der Waals surface area contributed by atoms with Crippen LogP contribution in [0.5, 0.6) is 0 Å². The van der Waals surface area contributed by atoms with Crippen molar-refractivity contribution in [2.75, 3.05) is 19.6 Å². The molecule has 0 amide bonds. The molecule has 1 N–H and O–H groups in total. The first kappa shape index (κ1) is 8.53. The summed E-state index contributed by atoms with van der Waals surface area (Å²) in [5.41, 5.74) is 0. The van der Waals surface area contributed by atoms with Crippen molar-refractivity contribution < 1.29 is 9.90 Å². The van der Waals surface area contributed by atoms with Crippen LogP contribution in [0.25, 0.3) is 0 Å². The van der Waals surface area contributed by atoms with Gasteiger partial charge in [-0.2, -0.15) is 0 Å². The van der Waals surface area contributed by atoms with E-state index in [0.29, 0.717) is 0 Å². The maximum absolute atomic E-state index is 10.5. The number of carbonyl (C=O) groups is 1. The Bertz CT molecular complexity index is 147. The summed E-state index contributed by atoms with van der Waals surface area (Å²) >= 11 is 0. The summed E-state index contributed by atoms with van der Waals surface area (Å²) in [5, 5.41) is 8.67. The molecule has 1 atom stereocenters. The van der Waals surface area contributed by atoms with E-state index in [-0.39, 0.29) is 5.92 Å². The molecular weight excluding hydrogens is 142 g/mol. The molecule has 1 aliphatic heterocycles. The number of hydrogen-bond donors (Lipinski definition) is 1. The smallest absolute Gasteiger partial charge is 0.307 e. The molecule has 0 aromatic rings. The van der Waals surface area contributed by atoms with E-state index in [1.807, 2.05) is 0 Å². The van der Waals surface area contributed by atoms with E-state index in [4.69, 9.17) is 5.11 Å². The van der Waals surface area contributed by atoms with E-state index < -0.39 is 5.97 Å². The predicted molar refractivity (Wildman–Crippen MR) is 42.5 cm³/mol. The molecule has 3 heteroatoms. The summed E-state index contributed by atoms with van der Waals surface area (Å²) < 4.78 is 0. The van der Waals surface area contributed by atoms with Crippen LogP contribution in [0.1, 0.15) is 19.8 Å². The fourth-order valence-corrected chi connectivity index (χ4v) is 1.55. The standard InChI is InChI=1S/C8H15NO2/c1-2-4-9-5-3-7(6-9)8(10)11/h7H,2-6H2,1H3,(H,10,11)/t7-/m1/s1. The summed E-state index contributed by atoms with van der Waals surface area (Å²) in [6.45, 7) is 4.88. The molecule has 0 saturated carbocycles. The number of rotatable bonds is 3. The lowest BCUT2D eigenvalue weighted by Crippen LogP contribution is -2.23. The Morgan fingerprint density at radius 3 is 2.91 bits per heavy atom. The molecular formula is C8H15NO2. The van der Waals surface area contributed by atoms with E-state index in [1.165, 1.54) is 0 Å². The molecule has 64 valence electrons. The van der Waals surface area contributed by atoms with Crippen molar-refractivity contribution in [1.29, 1.82) is 0 Å². The second-order valence-electron chi connectivity index (χ2n) is 3.12. The van der Waals surface area contributed by atoms with Gasteiger partial charge in [-0.15, -0.1) is 0 Å². The molecule has 0 spiro atoms. The summed E-state index contributed by atoms with van der Waals surface area (Å²) in [6, 6.07) is 0. The van der Waals surface area contributed by atoms with Gasteiger partial charge in [0.25, 0.3) is 0 Å². The first-order valence-electron chi connectivity index (χ1n) is 4.19. The largest absolute Gasteiger partial charge is 0.481 e. The first-order valence-corrected chi connectivity index (χ1v) is 4.19. The van der Waals surface area contributed by atoms with Gasteiger partial charge < -0.3 is 10.0 Å². The van der Waals surface area contributed by atoms with Crippen LogP contribution < -0.4 is 0 Å². The lowest BCUT2D eigenvalue weighted by molar-refractivity contribution is -0.141. The number of carboxylic acids is 1. The normalized spacial score (nSPS) is 25.7. The molecule has 0 aliphatic carbocycles. The number of carboxylic acid groups (broad SMARTS) is 1. The van der Waals surface area contributed by atoms with Crippen molar-refractivity contribution in [3.05, 3.63) is 0 Å². The zero-order valence-electron chi connectivity index (χ0n) is 6.92. The highest BCUT2D eigenvalue weighted by molar-refractivity contribution is 5.70. The zero-order valence-corrected chi connectivity index (χ0v) is 6.92. The first-order chi connectivity index (χ1) is 5.24. The summed E-state index contributed by atoms with van der Waals surface area (Å²) in [4.78, 5) is 12.7. The van der Waals surface area contributed by atoms with Crippen LogP contribution in [0.15, 0.2) is 0 Å². The number of likely N-dealkylation sites (tertiary alicyclic amines) is 1. The zero-order chi connectivity index (χ0) is 8.27. The number of nitrogens with zero attached hydrogens (tertiary/aromatic N) is 1. The van der Waals surface area contributed by atoms with Crippen LogP contribution in [-0.2, 0) is 4.79 Å². The highest BCUT2D eigenvalue weighted by Crippen LogP contribution is 2.15. The van der Waals surface area contributed by atoms with Gasteiger partial charge in [-0.1, -0.05) is 6.92 Å². The maximum Gasteiger partial charge on any atom is 0.307 e. The fourth-order valence-electron chi connectivity index (χ4n) is 1.55. The topological polar surface area (TPSA) is 40.5 Å². The average Bonchev–Trinajstić information content (AvgIpc) is 2.37. The van der Waals surface area contributed by atoms with Gasteiger partial charge in [-0.05, 0) is 25.9 Å². The monoisotopic (exact) mass is 157 g/mol. The van der Waals surface area contributed by atoms with Crippen LogP contribution in [0.2, 0.25) is 0 Å². The second kappa shape index (κ2) is 3.72. The van der Waals surface area contributed by atoms with Gasteiger partial charge in [-0.25, -0.2) is 0 Å². The molecule has 1 aliphatic rings. The molecule has 0 radical (unpaired) electrons. The van der Waals surface area contributed by atoms with Gasteiger partial charge in [0.2, 0.25) is 0 Å². The highest BCUT2D eigenvalue weighted by atomic mass is 16.4. The fraction of sp³-hybridized carbons (Fsp3) is 0.875. The Hall–Kier alpha value is -0.570. The Morgan fingerprint density at radius 1 is 1.73 bits per heavy atom. The Balaban J connectivity index is 2.29. The van der Waals surface area contributed by atoms with Crippen molar-refractivity contribution in [3.8, 4) is 0 Å². The van der Waals surface area contributed by atoms with Crippen molar-refractivity contribution >= 4 is 5.97 Å². The third-order valence-electron chi connectivity index (χ3n) is 2.16. The predicted octanol–water partition coefficient (Wildman–Crippen LogP) is 0.803. The summed E-state index contributed by atoms with van der Waals surface area (Å²) in [6.07, 6.45) is 1.95. The molecule has 1 fully saturated rings. The van der Waals surface area contributed by atoms with Crippen molar-refractivity contribution in [3.63, 3.8) is 0 Å². The second-order valence-corrected chi connectivity index (χ2v) is 3.12. The molecule has 0 aromatic heterocycles. The molecule has 1 heterocycles. The van der Waals surface area contributed by atoms with Crippen LogP contribution in [0.3, 0.4) is 0 Å². The molecule has 1 rings (SSSR count). The Kier molecular flexibility index (Phi) is 2.88. The molecule has 0 bridgehead atoms. The van der Waals surface area contributed by atoms with E-state index in [0.717, 1.165) is 32.5 Å². The van der Waals surface area contributed by atoms with Crippen LogP contribution in [0.4, 0.5) is 0 Å². The van der Waals surface area contributed by atoms with Crippen LogP contribution in [-0.4, -0.2) is 35.6 Å². The van der Waals surface area contributed by atoms with Gasteiger partial charge in [0.05, 0.1) is 5.92 Å². The minimum atomic E-state index is -0.636. The van der Waals surface area contributed by atoms with E-state index in [1.54, 1.807) is 0 Å². The Morgan fingerprint density at radius 2 is 2.45 bits per heavy atom. The van der Waals surface area contributed by atoms with Crippen molar-refractivity contribution in [2.45, 2.75) is 19.8 Å². The molecule has 0 aromatic carbocycles. The third-order valence-corrected chi connectivity index (χ3v) is 2.16. The van der Waals surface area contributed by atoms with Crippen molar-refractivity contribution in [2.24, 2.45) is 5.92 Å². The summed E-state index contributed by atoms with van der Waals surface area (Å²) in [5.74, 6) is -0.745. The van der Waals surface area contributed by atoms with Gasteiger partial charge >= 0.3 is 5.97 Å². The minimum absolute atomic E-state index is 0.110. The molecule has 0 unspecified atom stereocenters. The molecule has 3 nitrogen and oxygen atoms in total. The van der Waals surface area contributed by atoms with Crippen molar-refractivity contribution in [1.82, 2.24) is 4.90 Å². The maximum atomic E-state index is 10.5. The quantitative estimate of drug-likeness (QED) is 0.658. The van der Waals surface area contributed by atoms with Crippen LogP contribution >= 0.6 is 0 Å². The number of hydrogen-bond acceptors (Lipinski definition) is 2. The highest BCUT2D eigenvalue weighted by Gasteiger charge is 2.26. The Labute approximate surface area is 67.0 Å².